The number of benzene rings is 1. The first-order valence-corrected chi connectivity index (χ1v) is 7.40. The summed E-state index contributed by atoms with van der Waals surface area (Å²) >= 11 is 0. The molecule has 1 aliphatic rings. The number of carbonyl (C=O) groups is 1. The van der Waals surface area contributed by atoms with Crippen LogP contribution >= 0.6 is 0 Å². The van der Waals surface area contributed by atoms with Gasteiger partial charge in [-0.1, -0.05) is 32.1 Å². The molecule has 19 heavy (non-hydrogen) atoms. The van der Waals surface area contributed by atoms with Gasteiger partial charge in [0, 0.05) is 11.5 Å². The second-order valence-corrected chi connectivity index (χ2v) is 5.83. The summed E-state index contributed by atoms with van der Waals surface area (Å²) in [7, 11) is 0. The van der Waals surface area contributed by atoms with Crippen LogP contribution in [0.5, 0.6) is 0 Å². The molecule has 104 valence electrons. The number of hydrogen-bond donors (Lipinski definition) is 0. The van der Waals surface area contributed by atoms with E-state index >= 15 is 0 Å². The molecule has 2 heteroatoms. The summed E-state index contributed by atoms with van der Waals surface area (Å²) < 4.78 is 13.6. The van der Waals surface area contributed by atoms with E-state index in [9.17, 15) is 9.18 Å². The lowest BCUT2D eigenvalue weighted by Crippen LogP contribution is -2.17. The highest BCUT2D eigenvalue weighted by Crippen LogP contribution is 2.26. The number of ketones is 1. The minimum Gasteiger partial charge on any atom is -0.294 e. The molecule has 1 nitrogen and oxygen atoms in total. The minimum atomic E-state index is -0.186. The molecule has 1 aliphatic carbocycles. The Labute approximate surface area is 115 Å². The molecule has 1 aromatic carbocycles. The van der Waals surface area contributed by atoms with Crippen molar-refractivity contribution in [3.63, 3.8) is 0 Å². The van der Waals surface area contributed by atoms with E-state index in [4.69, 9.17) is 0 Å². The highest BCUT2D eigenvalue weighted by molar-refractivity contribution is 5.98. The number of hydrogen-bond acceptors (Lipinski definition) is 1. The molecule has 2 rings (SSSR count). The third-order valence-corrected chi connectivity index (χ3v) is 4.20. The van der Waals surface area contributed by atoms with Gasteiger partial charge >= 0.3 is 0 Å². The van der Waals surface area contributed by atoms with Gasteiger partial charge < -0.3 is 0 Å². The monoisotopic (exact) mass is 262 g/mol. The number of carbonyl (C=O) groups excluding carboxylic acids is 1. The van der Waals surface area contributed by atoms with Gasteiger partial charge in [0.05, 0.1) is 0 Å². The molecule has 0 unspecified atom stereocenters. The number of aryl methyl sites for hydroxylation is 2. The summed E-state index contributed by atoms with van der Waals surface area (Å²) in [6, 6.07) is 3.42. The molecule has 1 aromatic rings. The lowest BCUT2D eigenvalue weighted by molar-refractivity contribution is 0.0898. The predicted molar refractivity (Wildman–Crippen MR) is 76.0 cm³/mol. The Morgan fingerprint density at radius 2 is 1.47 bits per heavy atom. The van der Waals surface area contributed by atoms with Gasteiger partial charge in [0.2, 0.25) is 0 Å². The quantitative estimate of drug-likeness (QED) is 0.686. The standard InChI is InChI=1S/C17H23FO/c1-12-10-15(11-13(2)16(12)18)17(19)14-8-6-4-3-5-7-9-14/h10-11,14H,3-9H2,1-2H3. The molecule has 0 bridgehead atoms. The fourth-order valence-electron chi connectivity index (χ4n) is 3.04. The average molecular weight is 262 g/mol. The molecule has 0 amide bonds. The van der Waals surface area contributed by atoms with Crippen molar-refractivity contribution in [2.75, 3.05) is 0 Å². The van der Waals surface area contributed by atoms with Crippen LogP contribution < -0.4 is 0 Å². The van der Waals surface area contributed by atoms with Crippen molar-refractivity contribution < 1.29 is 9.18 Å². The molecule has 0 aliphatic heterocycles. The second kappa shape index (κ2) is 6.31. The summed E-state index contributed by atoms with van der Waals surface area (Å²) in [6.45, 7) is 3.47. The van der Waals surface area contributed by atoms with Gasteiger partial charge in [-0.25, -0.2) is 4.39 Å². The maximum Gasteiger partial charge on any atom is 0.165 e. The molecule has 0 N–H and O–H groups in total. The lowest BCUT2D eigenvalue weighted by atomic mass is 9.85. The van der Waals surface area contributed by atoms with E-state index in [1.165, 1.54) is 19.3 Å². The molecule has 1 saturated carbocycles. The molecule has 1 fully saturated rings. The van der Waals surface area contributed by atoms with Crippen LogP contribution in [-0.2, 0) is 0 Å². The molecule has 0 saturated heterocycles. The summed E-state index contributed by atoms with van der Waals surface area (Å²) in [6.07, 6.45) is 8.07. The Morgan fingerprint density at radius 1 is 1.00 bits per heavy atom. The maximum atomic E-state index is 13.6. The summed E-state index contributed by atoms with van der Waals surface area (Å²) in [5.74, 6) is 0.173. The van der Waals surface area contributed by atoms with Crippen molar-refractivity contribution in [1.29, 1.82) is 0 Å². The first-order chi connectivity index (χ1) is 9.09. The van der Waals surface area contributed by atoms with Crippen LogP contribution in [-0.4, -0.2) is 5.78 Å². The third-order valence-electron chi connectivity index (χ3n) is 4.20. The van der Waals surface area contributed by atoms with Crippen molar-refractivity contribution in [3.05, 3.63) is 34.6 Å². The van der Waals surface area contributed by atoms with Crippen LogP contribution in [0, 0.1) is 25.6 Å². The van der Waals surface area contributed by atoms with Crippen LogP contribution in [0.25, 0.3) is 0 Å². The minimum absolute atomic E-state index is 0.143. The Hall–Kier alpha value is -1.18. The van der Waals surface area contributed by atoms with E-state index in [2.05, 4.69) is 0 Å². The molecule has 0 aromatic heterocycles. The van der Waals surface area contributed by atoms with Crippen molar-refractivity contribution in [1.82, 2.24) is 0 Å². The Balaban J connectivity index is 2.18. The van der Waals surface area contributed by atoms with Gasteiger partial charge in [-0.05, 0) is 49.9 Å². The van der Waals surface area contributed by atoms with E-state index in [-0.39, 0.29) is 17.5 Å². The van der Waals surface area contributed by atoms with Gasteiger partial charge in [0.15, 0.2) is 5.78 Å². The molecule has 0 atom stereocenters. The largest absolute Gasteiger partial charge is 0.294 e. The highest BCUT2D eigenvalue weighted by atomic mass is 19.1. The van der Waals surface area contributed by atoms with E-state index in [0.717, 1.165) is 25.7 Å². The van der Waals surface area contributed by atoms with Crippen molar-refractivity contribution in [2.24, 2.45) is 5.92 Å². The van der Waals surface area contributed by atoms with Crippen LogP contribution in [0.1, 0.15) is 66.4 Å². The van der Waals surface area contributed by atoms with Gasteiger partial charge in [-0.15, -0.1) is 0 Å². The van der Waals surface area contributed by atoms with Gasteiger partial charge in [-0.2, -0.15) is 0 Å². The van der Waals surface area contributed by atoms with Crippen LogP contribution in [0.2, 0.25) is 0 Å². The highest BCUT2D eigenvalue weighted by Gasteiger charge is 2.21. The van der Waals surface area contributed by atoms with E-state index in [1.54, 1.807) is 26.0 Å². The smallest absolute Gasteiger partial charge is 0.165 e. The SMILES string of the molecule is Cc1cc(C(=O)C2CCCCCCC2)cc(C)c1F. The lowest BCUT2D eigenvalue weighted by Gasteiger charge is -2.19. The zero-order valence-electron chi connectivity index (χ0n) is 12.0. The van der Waals surface area contributed by atoms with Crippen LogP contribution in [0.4, 0.5) is 4.39 Å². The average Bonchev–Trinajstić information content (AvgIpc) is 2.34. The van der Waals surface area contributed by atoms with Crippen molar-refractivity contribution in [2.45, 2.75) is 58.8 Å². The van der Waals surface area contributed by atoms with Crippen LogP contribution in [0.15, 0.2) is 12.1 Å². The Morgan fingerprint density at radius 3 is 2.00 bits per heavy atom. The number of rotatable bonds is 2. The van der Waals surface area contributed by atoms with E-state index in [0.29, 0.717) is 16.7 Å². The van der Waals surface area contributed by atoms with Gasteiger partial charge in [0.25, 0.3) is 0 Å². The fourth-order valence-corrected chi connectivity index (χ4v) is 3.04. The predicted octanol–water partition coefficient (Wildman–Crippen LogP) is 4.99. The van der Waals surface area contributed by atoms with Gasteiger partial charge in [-0.3, -0.25) is 4.79 Å². The molecular formula is C17H23FO. The maximum absolute atomic E-state index is 13.6. The first kappa shape index (κ1) is 14.2. The normalized spacial score (nSPS) is 17.8. The molecular weight excluding hydrogens is 239 g/mol. The summed E-state index contributed by atoms with van der Waals surface area (Å²) in [4.78, 5) is 12.6. The van der Waals surface area contributed by atoms with Crippen molar-refractivity contribution >= 4 is 5.78 Å². The second-order valence-electron chi connectivity index (χ2n) is 5.83. The Bertz CT molecular complexity index is 433. The molecule has 0 spiro atoms. The number of Topliss-reactive ketones (excluding diaryl/α,β-unsaturated/α-hetero) is 1. The topological polar surface area (TPSA) is 17.1 Å². The zero-order valence-corrected chi connectivity index (χ0v) is 12.0. The fraction of sp³-hybridized carbons (Fsp3) is 0.588. The van der Waals surface area contributed by atoms with Gasteiger partial charge in [0.1, 0.15) is 5.82 Å². The summed E-state index contributed by atoms with van der Waals surface area (Å²) in [5, 5.41) is 0. The summed E-state index contributed by atoms with van der Waals surface area (Å²) in [5.41, 5.74) is 1.85. The van der Waals surface area contributed by atoms with Crippen LogP contribution in [0.3, 0.4) is 0 Å². The first-order valence-electron chi connectivity index (χ1n) is 7.40. The van der Waals surface area contributed by atoms with E-state index < -0.39 is 0 Å². The van der Waals surface area contributed by atoms with Crippen molar-refractivity contribution in [3.8, 4) is 0 Å². The third kappa shape index (κ3) is 3.43. The molecule has 0 heterocycles. The molecule has 0 radical (unpaired) electrons. The zero-order chi connectivity index (χ0) is 13.8. The number of halogens is 1. The van der Waals surface area contributed by atoms with E-state index in [1.807, 2.05) is 0 Å². The Kier molecular flexibility index (Phi) is 4.73.